The SMILES string of the molecule is COc1cc(Nc2cc3cn[nH]c3nc2Cl)ccc1F. The van der Waals surface area contributed by atoms with Crippen molar-refractivity contribution in [1.29, 1.82) is 0 Å². The summed E-state index contributed by atoms with van der Waals surface area (Å²) in [6.07, 6.45) is 1.65. The van der Waals surface area contributed by atoms with E-state index in [1.165, 1.54) is 13.2 Å². The third-order valence-electron chi connectivity index (χ3n) is 2.81. The lowest BCUT2D eigenvalue weighted by Gasteiger charge is -2.10. The summed E-state index contributed by atoms with van der Waals surface area (Å²) >= 11 is 6.09. The van der Waals surface area contributed by atoms with E-state index in [1.54, 1.807) is 18.3 Å². The number of hydrogen-bond acceptors (Lipinski definition) is 4. The molecule has 0 fully saturated rings. The number of fused-ring (bicyclic) bond motifs is 1. The first-order valence-corrected chi connectivity index (χ1v) is 6.15. The lowest BCUT2D eigenvalue weighted by molar-refractivity contribution is 0.387. The summed E-state index contributed by atoms with van der Waals surface area (Å²) in [5.41, 5.74) is 1.86. The maximum absolute atomic E-state index is 13.4. The lowest BCUT2D eigenvalue weighted by atomic mass is 10.2. The zero-order valence-corrected chi connectivity index (χ0v) is 11.2. The fraction of sp³-hybridized carbons (Fsp3) is 0.0769. The standard InChI is InChI=1S/C13H10ClFN4O/c1-20-11-5-8(2-3-9(11)15)17-10-4-7-6-16-19-13(7)18-12(10)14/h2-6,17H,1H3,(H,16,18,19). The quantitative estimate of drug-likeness (QED) is 0.725. The first-order chi connectivity index (χ1) is 9.67. The summed E-state index contributed by atoms with van der Waals surface area (Å²) < 4.78 is 18.3. The van der Waals surface area contributed by atoms with E-state index >= 15 is 0 Å². The summed E-state index contributed by atoms with van der Waals surface area (Å²) in [6.45, 7) is 0. The van der Waals surface area contributed by atoms with E-state index in [2.05, 4.69) is 20.5 Å². The normalized spacial score (nSPS) is 10.8. The molecule has 3 aromatic rings. The van der Waals surface area contributed by atoms with Crippen LogP contribution in [0.25, 0.3) is 11.0 Å². The van der Waals surface area contributed by atoms with Gasteiger partial charge in [0.25, 0.3) is 0 Å². The Morgan fingerprint density at radius 3 is 3.00 bits per heavy atom. The predicted octanol–water partition coefficient (Wildman–Crippen LogP) is 3.50. The number of aromatic nitrogens is 3. The van der Waals surface area contributed by atoms with E-state index < -0.39 is 5.82 Å². The van der Waals surface area contributed by atoms with E-state index in [4.69, 9.17) is 16.3 Å². The Kier molecular flexibility index (Phi) is 3.15. The van der Waals surface area contributed by atoms with Crippen LogP contribution in [0.3, 0.4) is 0 Å². The molecule has 0 atom stereocenters. The maximum Gasteiger partial charge on any atom is 0.165 e. The van der Waals surface area contributed by atoms with Crippen molar-refractivity contribution in [3.8, 4) is 5.75 Å². The van der Waals surface area contributed by atoms with E-state index in [0.29, 0.717) is 22.2 Å². The Labute approximate surface area is 118 Å². The molecule has 0 aliphatic carbocycles. The third-order valence-corrected chi connectivity index (χ3v) is 3.10. The molecule has 3 rings (SSSR count). The number of anilines is 2. The van der Waals surface area contributed by atoms with Gasteiger partial charge in [-0.2, -0.15) is 5.10 Å². The molecular formula is C13H10ClFN4O. The molecule has 7 heteroatoms. The molecule has 0 aliphatic rings. The van der Waals surface area contributed by atoms with Gasteiger partial charge < -0.3 is 10.1 Å². The number of benzene rings is 1. The van der Waals surface area contributed by atoms with Gasteiger partial charge in [0.1, 0.15) is 0 Å². The summed E-state index contributed by atoms with van der Waals surface area (Å²) in [4.78, 5) is 4.17. The Hall–Kier alpha value is -2.34. The molecule has 0 saturated carbocycles. The number of methoxy groups -OCH3 is 1. The lowest BCUT2D eigenvalue weighted by Crippen LogP contribution is -1.95. The fourth-order valence-corrected chi connectivity index (χ4v) is 2.02. The molecule has 102 valence electrons. The molecule has 0 saturated heterocycles. The molecule has 0 bridgehead atoms. The van der Waals surface area contributed by atoms with Crippen LogP contribution in [0.5, 0.6) is 5.75 Å². The molecule has 0 aliphatic heterocycles. The Bertz CT molecular complexity index is 774. The molecular weight excluding hydrogens is 283 g/mol. The third kappa shape index (κ3) is 2.25. The molecule has 20 heavy (non-hydrogen) atoms. The highest BCUT2D eigenvalue weighted by Gasteiger charge is 2.08. The smallest absolute Gasteiger partial charge is 0.165 e. The van der Waals surface area contributed by atoms with Crippen molar-refractivity contribution in [3.05, 3.63) is 41.4 Å². The number of pyridine rings is 1. The van der Waals surface area contributed by atoms with Gasteiger partial charge in [0, 0.05) is 17.1 Å². The van der Waals surface area contributed by atoms with Gasteiger partial charge in [-0.3, -0.25) is 5.10 Å². The monoisotopic (exact) mass is 292 g/mol. The van der Waals surface area contributed by atoms with Gasteiger partial charge in [0.15, 0.2) is 22.4 Å². The van der Waals surface area contributed by atoms with Gasteiger partial charge in [0.2, 0.25) is 0 Å². The summed E-state index contributed by atoms with van der Waals surface area (Å²) in [6, 6.07) is 6.27. The highest BCUT2D eigenvalue weighted by molar-refractivity contribution is 6.32. The van der Waals surface area contributed by atoms with Crippen LogP contribution in [0.15, 0.2) is 30.5 Å². The van der Waals surface area contributed by atoms with E-state index in [0.717, 1.165) is 5.39 Å². The van der Waals surface area contributed by atoms with Gasteiger partial charge >= 0.3 is 0 Å². The largest absolute Gasteiger partial charge is 0.494 e. The van der Waals surface area contributed by atoms with E-state index in [1.807, 2.05) is 6.07 Å². The molecule has 2 heterocycles. The minimum atomic E-state index is -0.424. The van der Waals surface area contributed by atoms with Crippen LogP contribution >= 0.6 is 11.6 Å². The summed E-state index contributed by atoms with van der Waals surface area (Å²) in [7, 11) is 1.41. The minimum absolute atomic E-state index is 0.156. The number of halogens is 2. The van der Waals surface area contributed by atoms with Crippen molar-refractivity contribution >= 4 is 34.0 Å². The van der Waals surface area contributed by atoms with Gasteiger partial charge in [-0.05, 0) is 18.2 Å². The highest BCUT2D eigenvalue weighted by Crippen LogP contribution is 2.29. The van der Waals surface area contributed by atoms with Gasteiger partial charge in [-0.25, -0.2) is 9.37 Å². The van der Waals surface area contributed by atoms with Crippen LogP contribution in [0.2, 0.25) is 5.15 Å². The van der Waals surface area contributed by atoms with E-state index in [-0.39, 0.29) is 5.75 Å². The Balaban J connectivity index is 1.97. The van der Waals surface area contributed by atoms with Gasteiger partial charge in [-0.1, -0.05) is 11.6 Å². The number of nitrogens with one attached hydrogen (secondary N) is 2. The number of H-pyrrole nitrogens is 1. The van der Waals surface area contributed by atoms with Crippen molar-refractivity contribution in [2.45, 2.75) is 0 Å². The van der Waals surface area contributed by atoms with Crippen molar-refractivity contribution < 1.29 is 9.13 Å². The topological polar surface area (TPSA) is 62.8 Å². The minimum Gasteiger partial charge on any atom is -0.494 e. The molecule has 2 aromatic heterocycles. The van der Waals surface area contributed by atoms with Crippen LogP contribution < -0.4 is 10.1 Å². The summed E-state index contributed by atoms with van der Waals surface area (Å²) in [5, 5.41) is 10.8. The first kappa shape index (κ1) is 12.7. The zero-order chi connectivity index (χ0) is 14.1. The second kappa shape index (κ2) is 4.97. The fourth-order valence-electron chi connectivity index (χ4n) is 1.84. The van der Waals surface area contributed by atoms with Crippen LogP contribution in [0.1, 0.15) is 0 Å². The van der Waals surface area contributed by atoms with Gasteiger partial charge in [0.05, 0.1) is 19.0 Å². The Morgan fingerprint density at radius 1 is 1.35 bits per heavy atom. The first-order valence-electron chi connectivity index (χ1n) is 5.77. The highest BCUT2D eigenvalue weighted by atomic mass is 35.5. The van der Waals surface area contributed by atoms with Crippen molar-refractivity contribution in [1.82, 2.24) is 15.2 Å². The van der Waals surface area contributed by atoms with Gasteiger partial charge in [-0.15, -0.1) is 0 Å². The number of aromatic amines is 1. The van der Waals surface area contributed by atoms with Crippen molar-refractivity contribution in [3.63, 3.8) is 0 Å². The number of rotatable bonds is 3. The van der Waals surface area contributed by atoms with Crippen molar-refractivity contribution in [2.75, 3.05) is 12.4 Å². The molecule has 1 aromatic carbocycles. The Morgan fingerprint density at radius 2 is 2.20 bits per heavy atom. The van der Waals surface area contributed by atoms with Crippen LogP contribution in [-0.2, 0) is 0 Å². The predicted molar refractivity (Wildman–Crippen MR) is 75.1 cm³/mol. The second-order valence-corrected chi connectivity index (χ2v) is 4.47. The van der Waals surface area contributed by atoms with Crippen LogP contribution in [0.4, 0.5) is 15.8 Å². The molecule has 0 spiro atoms. The average Bonchev–Trinajstić information content (AvgIpc) is 2.88. The molecule has 0 unspecified atom stereocenters. The number of hydrogen-bond donors (Lipinski definition) is 2. The zero-order valence-electron chi connectivity index (χ0n) is 10.4. The van der Waals surface area contributed by atoms with Crippen LogP contribution in [-0.4, -0.2) is 22.3 Å². The molecule has 2 N–H and O–H groups in total. The molecule has 5 nitrogen and oxygen atoms in total. The second-order valence-electron chi connectivity index (χ2n) is 4.11. The van der Waals surface area contributed by atoms with E-state index in [9.17, 15) is 4.39 Å². The van der Waals surface area contributed by atoms with Crippen LogP contribution in [0, 0.1) is 5.82 Å². The van der Waals surface area contributed by atoms with Crippen molar-refractivity contribution in [2.24, 2.45) is 0 Å². The number of nitrogens with zero attached hydrogens (tertiary/aromatic N) is 2. The molecule has 0 amide bonds. The average molecular weight is 293 g/mol. The maximum atomic E-state index is 13.4. The molecule has 0 radical (unpaired) electrons. The number of ether oxygens (including phenoxy) is 1. The summed E-state index contributed by atoms with van der Waals surface area (Å²) in [5.74, 6) is -0.268.